The van der Waals surface area contributed by atoms with Gasteiger partial charge in [-0.05, 0) is 23.8 Å². The number of aromatic nitrogens is 4. The predicted octanol–water partition coefficient (Wildman–Crippen LogP) is 11.2. The van der Waals surface area contributed by atoms with Crippen LogP contribution in [0.15, 0.2) is 174 Å². The molecule has 0 fully saturated rings. The van der Waals surface area contributed by atoms with Gasteiger partial charge in [0.2, 0.25) is 0 Å². The second-order valence-electron chi connectivity index (χ2n) is 11.8. The number of furan rings is 1. The summed E-state index contributed by atoms with van der Waals surface area (Å²) < 4.78 is 6.93. The highest BCUT2D eigenvalue weighted by Crippen LogP contribution is 2.47. The van der Waals surface area contributed by atoms with Crippen LogP contribution in [0.1, 0.15) is 0 Å². The highest BCUT2D eigenvalue weighted by Gasteiger charge is 2.25. The van der Waals surface area contributed by atoms with Crippen LogP contribution in [0.25, 0.3) is 89.7 Å². The summed E-state index contributed by atoms with van der Waals surface area (Å²) in [5.41, 5.74) is 9.25. The van der Waals surface area contributed by atoms with E-state index in [1.54, 1.807) is 0 Å². The van der Waals surface area contributed by atoms with Crippen molar-refractivity contribution in [3.63, 3.8) is 0 Å². The summed E-state index contributed by atoms with van der Waals surface area (Å²) in [7, 11) is 0. The molecule has 0 unspecified atom stereocenters. The zero-order chi connectivity index (χ0) is 32.6. The third kappa shape index (κ3) is 5.24. The fourth-order valence-electron chi connectivity index (χ4n) is 6.41. The summed E-state index contributed by atoms with van der Waals surface area (Å²) in [5, 5.41) is 1.93. The quantitative estimate of drug-likeness (QED) is 0.183. The van der Waals surface area contributed by atoms with Gasteiger partial charge in [0.1, 0.15) is 11.3 Å². The number of pyridine rings is 1. The van der Waals surface area contributed by atoms with Crippen molar-refractivity contribution in [3.8, 4) is 67.9 Å². The first-order chi connectivity index (χ1) is 24.3. The first kappa shape index (κ1) is 28.5. The van der Waals surface area contributed by atoms with Gasteiger partial charge in [0.05, 0.1) is 16.6 Å². The average Bonchev–Trinajstić information content (AvgIpc) is 3.60. The second-order valence-corrected chi connectivity index (χ2v) is 11.8. The standard InChI is InChI=1S/C44H28N4O/c1-5-16-29(17-6-1)39-38-37(40(30-18-7-2-8-19-30)49-41(38)35-26-13-14-27-36(35)45-39)33-24-15-25-34(28-33)44-47-42(31-20-9-3-10-21-31)46-43(48-44)32-22-11-4-12-23-32/h1-28H. The van der Waals surface area contributed by atoms with Crippen LogP contribution in [0.4, 0.5) is 0 Å². The Kier molecular flexibility index (Phi) is 7.06. The Bertz CT molecular complexity index is 2530. The lowest BCUT2D eigenvalue weighted by atomic mass is 9.94. The second kappa shape index (κ2) is 12.1. The molecule has 5 heteroatoms. The van der Waals surface area contributed by atoms with E-state index in [2.05, 4.69) is 54.6 Å². The fourth-order valence-corrected chi connectivity index (χ4v) is 6.41. The Morgan fingerprint density at radius 2 is 0.837 bits per heavy atom. The van der Waals surface area contributed by atoms with Crippen molar-refractivity contribution in [2.75, 3.05) is 0 Å². The number of para-hydroxylation sites is 1. The molecule has 0 amide bonds. The lowest BCUT2D eigenvalue weighted by molar-refractivity contribution is 0.636. The van der Waals surface area contributed by atoms with Crippen molar-refractivity contribution in [3.05, 3.63) is 170 Å². The Morgan fingerprint density at radius 1 is 0.367 bits per heavy atom. The zero-order valence-corrected chi connectivity index (χ0v) is 26.4. The Balaban J connectivity index is 1.32. The Morgan fingerprint density at radius 3 is 1.45 bits per heavy atom. The highest BCUT2D eigenvalue weighted by molar-refractivity contribution is 6.16. The van der Waals surface area contributed by atoms with Gasteiger partial charge in [-0.15, -0.1) is 0 Å². The normalized spacial score (nSPS) is 11.3. The van der Waals surface area contributed by atoms with Crippen molar-refractivity contribution in [2.45, 2.75) is 0 Å². The van der Waals surface area contributed by atoms with Crippen LogP contribution in [0.5, 0.6) is 0 Å². The largest absolute Gasteiger partial charge is 0.455 e. The molecule has 0 saturated carbocycles. The average molecular weight is 629 g/mol. The molecule has 0 aliphatic heterocycles. The first-order valence-electron chi connectivity index (χ1n) is 16.2. The van der Waals surface area contributed by atoms with Gasteiger partial charge in [-0.3, -0.25) is 0 Å². The molecule has 0 aliphatic rings. The minimum atomic E-state index is 0.593. The van der Waals surface area contributed by atoms with Crippen LogP contribution in [0.3, 0.4) is 0 Å². The van der Waals surface area contributed by atoms with Gasteiger partial charge in [-0.25, -0.2) is 19.9 Å². The molecule has 0 saturated heterocycles. The maximum atomic E-state index is 6.93. The molecule has 230 valence electrons. The van der Waals surface area contributed by atoms with E-state index in [-0.39, 0.29) is 0 Å². The summed E-state index contributed by atoms with van der Waals surface area (Å²) in [6, 6.07) is 57.3. The summed E-state index contributed by atoms with van der Waals surface area (Å²) >= 11 is 0. The van der Waals surface area contributed by atoms with Crippen molar-refractivity contribution < 1.29 is 4.42 Å². The molecule has 0 radical (unpaired) electrons. The minimum Gasteiger partial charge on any atom is -0.455 e. The smallest absolute Gasteiger partial charge is 0.164 e. The minimum absolute atomic E-state index is 0.593. The number of fused-ring (bicyclic) bond motifs is 3. The van der Waals surface area contributed by atoms with E-state index in [9.17, 15) is 0 Å². The lowest BCUT2D eigenvalue weighted by Gasteiger charge is -2.11. The zero-order valence-electron chi connectivity index (χ0n) is 26.4. The van der Waals surface area contributed by atoms with Crippen LogP contribution in [-0.4, -0.2) is 19.9 Å². The van der Waals surface area contributed by atoms with Gasteiger partial charge < -0.3 is 4.42 Å². The molecule has 49 heavy (non-hydrogen) atoms. The third-order valence-electron chi connectivity index (χ3n) is 8.72. The van der Waals surface area contributed by atoms with Crippen molar-refractivity contribution in [2.24, 2.45) is 0 Å². The molecule has 0 bridgehead atoms. The van der Waals surface area contributed by atoms with Gasteiger partial charge in [-0.1, -0.05) is 152 Å². The van der Waals surface area contributed by atoms with Crippen LogP contribution >= 0.6 is 0 Å². The van der Waals surface area contributed by atoms with E-state index in [1.165, 1.54) is 0 Å². The van der Waals surface area contributed by atoms with Crippen LogP contribution < -0.4 is 0 Å². The molecule has 9 aromatic rings. The SMILES string of the molecule is c1ccc(-c2nc(-c3ccccc3)nc(-c3cccc(-c4c(-c5ccccc5)oc5c4c(-c4ccccc4)nc4ccccc45)c3)n2)cc1. The molecule has 6 aromatic carbocycles. The van der Waals surface area contributed by atoms with Gasteiger partial charge >= 0.3 is 0 Å². The number of hydrogen-bond acceptors (Lipinski definition) is 5. The first-order valence-corrected chi connectivity index (χ1v) is 16.2. The molecule has 3 aromatic heterocycles. The molecule has 9 rings (SSSR count). The molecule has 0 atom stereocenters. The molecule has 5 nitrogen and oxygen atoms in total. The molecule has 0 spiro atoms. The molecular weight excluding hydrogens is 601 g/mol. The van der Waals surface area contributed by atoms with E-state index < -0.39 is 0 Å². The van der Waals surface area contributed by atoms with E-state index in [4.69, 9.17) is 24.4 Å². The van der Waals surface area contributed by atoms with Crippen LogP contribution in [0.2, 0.25) is 0 Å². The summed E-state index contributed by atoms with van der Waals surface area (Å²) in [4.78, 5) is 20.2. The lowest BCUT2D eigenvalue weighted by Crippen LogP contribution is -2.00. The monoisotopic (exact) mass is 628 g/mol. The number of hydrogen-bond donors (Lipinski definition) is 0. The molecule has 0 N–H and O–H groups in total. The number of nitrogens with zero attached hydrogens (tertiary/aromatic N) is 4. The van der Waals surface area contributed by atoms with Gasteiger partial charge in [0.25, 0.3) is 0 Å². The van der Waals surface area contributed by atoms with E-state index in [0.29, 0.717) is 17.5 Å². The maximum Gasteiger partial charge on any atom is 0.164 e. The summed E-state index contributed by atoms with van der Waals surface area (Å²) in [6.07, 6.45) is 0. The number of rotatable bonds is 6. The fraction of sp³-hybridized carbons (Fsp3) is 0. The summed E-state index contributed by atoms with van der Waals surface area (Å²) in [6.45, 7) is 0. The van der Waals surface area contributed by atoms with Crippen LogP contribution in [-0.2, 0) is 0 Å². The number of benzene rings is 6. The van der Waals surface area contributed by atoms with Crippen molar-refractivity contribution >= 4 is 21.9 Å². The predicted molar refractivity (Wildman–Crippen MR) is 198 cm³/mol. The van der Waals surface area contributed by atoms with E-state index >= 15 is 0 Å². The Hall–Kier alpha value is -6.72. The Labute approximate surface area is 283 Å². The third-order valence-corrected chi connectivity index (χ3v) is 8.72. The molecular formula is C44H28N4O. The maximum absolute atomic E-state index is 6.93. The van der Waals surface area contributed by atoms with Crippen LogP contribution in [0, 0.1) is 0 Å². The highest BCUT2D eigenvalue weighted by atomic mass is 16.3. The summed E-state index contributed by atoms with van der Waals surface area (Å²) in [5.74, 6) is 2.62. The van der Waals surface area contributed by atoms with E-state index in [0.717, 1.165) is 72.3 Å². The molecule has 0 aliphatic carbocycles. The van der Waals surface area contributed by atoms with Crippen molar-refractivity contribution in [1.29, 1.82) is 0 Å². The van der Waals surface area contributed by atoms with Crippen molar-refractivity contribution in [1.82, 2.24) is 19.9 Å². The van der Waals surface area contributed by atoms with E-state index in [1.807, 2.05) is 115 Å². The molecule has 3 heterocycles. The van der Waals surface area contributed by atoms with Gasteiger partial charge in [0, 0.05) is 38.8 Å². The van der Waals surface area contributed by atoms with Gasteiger partial charge in [-0.2, -0.15) is 0 Å². The van der Waals surface area contributed by atoms with Gasteiger partial charge in [0.15, 0.2) is 17.5 Å². The topological polar surface area (TPSA) is 64.7 Å².